The molecule has 0 unspecified atom stereocenters. The molecule has 152 valence electrons. The number of fused-ring (bicyclic) bond motifs is 1. The third-order valence-electron chi connectivity index (χ3n) is 5.85. The lowest BCUT2D eigenvalue weighted by atomic mass is 10.1. The number of benzene rings is 2. The number of para-hydroxylation sites is 1. The van der Waals surface area contributed by atoms with Gasteiger partial charge in [0.05, 0.1) is 5.69 Å². The molecule has 6 nitrogen and oxygen atoms in total. The number of anilines is 2. The molecule has 0 aliphatic heterocycles. The van der Waals surface area contributed by atoms with Crippen molar-refractivity contribution in [2.24, 2.45) is 5.92 Å². The number of nitrogens with zero attached hydrogens (tertiary/aromatic N) is 2. The van der Waals surface area contributed by atoms with Gasteiger partial charge in [-0.2, -0.15) is 5.10 Å². The van der Waals surface area contributed by atoms with Crippen molar-refractivity contribution < 1.29 is 9.59 Å². The van der Waals surface area contributed by atoms with E-state index in [2.05, 4.69) is 28.7 Å². The van der Waals surface area contributed by atoms with Crippen LogP contribution in [0.25, 0.3) is 5.69 Å². The van der Waals surface area contributed by atoms with Crippen molar-refractivity contribution >= 4 is 23.2 Å². The van der Waals surface area contributed by atoms with Crippen LogP contribution in [0.1, 0.15) is 46.6 Å². The molecule has 0 spiro atoms. The minimum Gasteiger partial charge on any atom is -0.326 e. The van der Waals surface area contributed by atoms with E-state index in [1.54, 1.807) is 12.1 Å². The average Bonchev–Trinajstić information content (AvgIpc) is 3.38. The number of carbonyl (C=O) groups is 2. The predicted octanol–water partition coefficient (Wildman–Crippen LogP) is 4.27. The molecule has 1 aromatic heterocycles. The van der Waals surface area contributed by atoms with Crippen LogP contribution in [0.2, 0.25) is 0 Å². The Labute approximate surface area is 175 Å². The van der Waals surface area contributed by atoms with Gasteiger partial charge < -0.3 is 10.6 Å². The first-order valence-corrected chi connectivity index (χ1v) is 10.5. The predicted molar refractivity (Wildman–Crippen MR) is 116 cm³/mol. The first-order valence-electron chi connectivity index (χ1n) is 10.5. The Kier molecular flexibility index (Phi) is 4.62. The number of amides is 2. The maximum Gasteiger partial charge on any atom is 0.276 e. The van der Waals surface area contributed by atoms with Gasteiger partial charge in [-0.1, -0.05) is 18.2 Å². The van der Waals surface area contributed by atoms with Crippen LogP contribution >= 0.6 is 0 Å². The van der Waals surface area contributed by atoms with Crippen LogP contribution in [0.3, 0.4) is 0 Å². The SMILES string of the molecule is Cc1ccccc1-n1nc(C(=O)Nc2ccc(NC(=O)C3CC3)cc2)c2c1CCC2. The van der Waals surface area contributed by atoms with Crippen LogP contribution < -0.4 is 10.6 Å². The topological polar surface area (TPSA) is 76.0 Å². The molecule has 5 rings (SSSR count). The van der Waals surface area contributed by atoms with Crippen LogP contribution in [0.15, 0.2) is 48.5 Å². The summed E-state index contributed by atoms with van der Waals surface area (Å²) in [5, 5.41) is 10.6. The average molecular weight is 400 g/mol. The van der Waals surface area contributed by atoms with Crippen molar-refractivity contribution in [3.8, 4) is 5.69 Å². The van der Waals surface area contributed by atoms with E-state index in [9.17, 15) is 9.59 Å². The van der Waals surface area contributed by atoms with Crippen molar-refractivity contribution in [2.75, 3.05) is 10.6 Å². The quantitative estimate of drug-likeness (QED) is 0.672. The van der Waals surface area contributed by atoms with Crippen LogP contribution in [-0.2, 0) is 17.6 Å². The molecule has 2 aromatic carbocycles. The van der Waals surface area contributed by atoms with E-state index < -0.39 is 0 Å². The Morgan fingerprint density at radius 1 is 0.967 bits per heavy atom. The van der Waals surface area contributed by atoms with E-state index in [1.807, 2.05) is 35.0 Å². The zero-order valence-electron chi connectivity index (χ0n) is 16.9. The highest BCUT2D eigenvalue weighted by molar-refractivity contribution is 6.04. The van der Waals surface area contributed by atoms with Gasteiger partial charge in [-0.05, 0) is 74.9 Å². The van der Waals surface area contributed by atoms with E-state index in [-0.39, 0.29) is 17.7 Å². The fraction of sp³-hybridized carbons (Fsp3) is 0.292. The molecule has 0 radical (unpaired) electrons. The lowest BCUT2D eigenvalue weighted by molar-refractivity contribution is -0.117. The second-order valence-corrected chi connectivity index (χ2v) is 8.12. The number of aryl methyl sites for hydroxylation is 1. The number of rotatable bonds is 5. The van der Waals surface area contributed by atoms with Gasteiger partial charge in [-0.15, -0.1) is 0 Å². The monoisotopic (exact) mass is 400 g/mol. The lowest BCUT2D eigenvalue weighted by Gasteiger charge is -2.09. The normalized spacial score (nSPS) is 15.0. The van der Waals surface area contributed by atoms with Gasteiger partial charge in [0.2, 0.25) is 5.91 Å². The highest BCUT2D eigenvalue weighted by atomic mass is 16.2. The summed E-state index contributed by atoms with van der Waals surface area (Å²) >= 11 is 0. The zero-order valence-corrected chi connectivity index (χ0v) is 16.9. The van der Waals surface area contributed by atoms with Gasteiger partial charge in [-0.3, -0.25) is 9.59 Å². The summed E-state index contributed by atoms with van der Waals surface area (Å²) in [4.78, 5) is 24.9. The summed E-state index contributed by atoms with van der Waals surface area (Å²) in [7, 11) is 0. The van der Waals surface area contributed by atoms with Gasteiger partial charge in [0.15, 0.2) is 5.69 Å². The largest absolute Gasteiger partial charge is 0.326 e. The summed E-state index contributed by atoms with van der Waals surface area (Å²) in [6.45, 7) is 2.06. The Bertz CT molecular complexity index is 1130. The maximum absolute atomic E-state index is 13.0. The van der Waals surface area contributed by atoms with E-state index in [0.29, 0.717) is 11.4 Å². The molecule has 0 saturated heterocycles. The Morgan fingerprint density at radius 2 is 1.67 bits per heavy atom. The van der Waals surface area contributed by atoms with Gasteiger partial charge >= 0.3 is 0 Å². The van der Waals surface area contributed by atoms with Gasteiger partial charge in [-0.25, -0.2) is 4.68 Å². The molecule has 2 aliphatic carbocycles. The summed E-state index contributed by atoms with van der Waals surface area (Å²) in [5.74, 6) is 0.0363. The minimum atomic E-state index is -0.199. The smallest absolute Gasteiger partial charge is 0.276 e. The Hall–Kier alpha value is -3.41. The molecule has 0 bridgehead atoms. The summed E-state index contributed by atoms with van der Waals surface area (Å²) in [5.41, 5.74) is 6.25. The fourth-order valence-corrected chi connectivity index (χ4v) is 4.04. The number of hydrogen-bond donors (Lipinski definition) is 2. The fourth-order valence-electron chi connectivity index (χ4n) is 4.04. The number of hydrogen-bond acceptors (Lipinski definition) is 3. The first kappa shape index (κ1) is 18.6. The molecular weight excluding hydrogens is 376 g/mol. The van der Waals surface area contributed by atoms with E-state index in [4.69, 9.17) is 0 Å². The van der Waals surface area contributed by atoms with Gasteiger partial charge in [0.25, 0.3) is 5.91 Å². The molecule has 3 aromatic rings. The summed E-state index contributed by atoms with van der Waals surface area (Å²) in [6.07, 6.45) is 4.78. The van der Waals surface area contributed by atoms with Crippen LogP contribution in [-0.4, -0.2) is 21.6 Å². The Morgan fingerprint density at radius 3 is 2.37 bits per heavy atom. The molecule has 1 fully saturated rings. The van der Waals surface area contributed by atoms with Crippen molar-refractivity contribution in [1.29, 1.82) is 0 Å². The molecular formula is C24H24N4O2. The third kappa shape index (κ3) is 3.49. The lowest BCUT2D eigenvalue weighted by Crippen LogP contribution is -2.15. The molecule has 2 amide bonds. The highest BCUT2D eigenvalue weighted by Gasteiger charge is 2.30. The molecule has 2 N–H and O–H groups in total. The molecule has 2 aliphatic rings. The number of nitrogens with one attached hydrogen (secondary N) is 2. The van der Waals surface area contributed by atoms with E-state index >= 15 is 0 Å². The van der Waals surface area contributed by atoms with Gasteiger partial charge in [0, 0.05) is 28.6 Å². The van der Waals surface area contributed by atoms with Crippen molar-refractivity contribution in [3.05, 3.63) is 71.0 Å². The van der Waals surface area contributed by atoms with Crippen molar-refractivity contribution in [2.45, 2.75) is 39.0 Å². The molecule has 30 heavy (non-hydrogen) atoms. The van der Waals surface area contributed by atoms with Gasteiger partial charge in [0.1, 0.15) is 0 Å². The summed E-state index contributed by atoms with van der Waals surface area (Å²) in [6, 6.07) is 15.3. The van der Waals surface area contributed by atoms with Crippen LogP contribution in [0, 0.1) is 12.8 Å². The molecule has 0 atom stereocenters. The molecule has 1 heterocycles. The highest BCUT2D eigenvalue weighted by Crippen LogP contribution is 2.31. The Balaban J connectivity index is 1.36. The van der Waals surface area contributed by atoms with Crippen molar-refractivity contribution in [1.82, 2.24) is 9.78 Å². The van der Waals surface area contributed by atoms with Crippen LogP contribution in [0.5, 0.6) is 0 Å². The van der Waals surface area contributed by atoms with E-state index in [0.717, 1.165) is 60.3 Å². The number of aromatic nitrogens is 2. The first-order chi connectivity index (χ1) is 14.6. The van der Waals surface area contributed by atoms with Crippen molar-refractivity contribution in [3.63, 3.8) is 0 Å². The zero-order chi connectivity index (χ0) is 20.7. The second kappa shape index (κ2) is 7.44. The third-order valence-corrected chi connectivity index (χ3v) is 5.85. The second-order valence-electron chi connectivity index (χ2n) is 8.12. The van der Waals surface area contributed by atoms with Crippen LogP contribution in [0.4, 0.5) is 11.4 Å². The summed E-state index contributed by atoms with van der Waals surface area (Å²) < 4.78 is 1.93. The van der Waals surface area contributed by atoms with E-state index in [1.165, 1.54) is 0 Å². The maximum atomic E-state index is 13.0. The molecule has 1 saturated carbocycles. The minimum absolute atomic E-state index is 0.0732. The molecule has 6 heteroatoms. The number of carbonyl (C=O) groups excluding carboxylic acids is 2. The standard InChI is InChI=1S/C24H24N4O2/c1-15-5-2-3-7-20(15)28-21-8-4-6-19(21)22(27-28)24(30)26-18-13-11-17(12-14-18)25-23(29)16-9-10-16/h2-3,5,7,11-14,16H,4,6,8-10H2,1H3,(H,25,29)(H,26,30).